The average Bonchev–Trinajstić information content (AvgIpc) is 2.67. The Hall–Kier alpha value is -3.56. The molecular formula is C20H25N3O7. The molecule has 0 unspecified atom stereocenters. The van der Waals surface area contributed by atoms with Crippen molar-refractivity contribution < 1.29 is 34.1 Å². The van der Waals surface area contributed by atoms with Gasteiger partial charge in [0.1, 0.15) is 24.4 Å². The van der Waals surface area contributed by atoms with Crippen LogP contribution in [0.3, 0.4) is 0 Å². The minimum atomic E-state index is -1.35. The number of carbonyl (C=O) groups is 4. The Morgan fingerprint density at radius 3 is 2.47 bits per heavy atom. The summed E-state index contributed by atoms with van der Waals surface area (Å²) in [5.74, 6) is -2.10. The number of hydrogen-bond acceptors (Lipinski definition) is 6. The fraction of sp³-hybridized carbons (Fsp3) is 0.400. The summed E-state index contributed by atoms with van der Waals surface area (Å²) in [7, 11) is 0. The summed E-state index contributed by atoms with van der Waals surface area (Å²) < 4.78 is 5.20. The molecule has 1 aliphatic heterocycles. The quantitative estimate of drug-likeness (QED) is 0.440. The minimum absolute atomic E-state index is 0.0565. The van der Waals surface area contributed by atoms with Gasteiger partial charge in [0.15, 0.2) is 0 Å². The van der Waals surface area contributed by atoms with Crippen molar-refractivity contribution in [1.82, 2.24) is 16.0 Å². The number of cyclic esters (lactones) is 1. The highest BCUT2D eigenvalue weighted by molar-refractivity contribution is 5.94. The van der Waals surface area contributed by atoms with E-state index < -0.39 is 42.0 Å². The molecule has 3 amide bonds. The topological polar surface area (TPSA) is 154 Å². The molecule has 0 radical (unpaired) electrons. The molecule has 0 saturated carbocycles. The third kappa shape index (κ3) is 6.80. The van der Waals surface area contributed by atoms with Crippen LogP contribution in [0.5, 0.6) is 5.75 Å². The summed E-state index contributed by atoms with van der Waals surface area (Å²) in [5.41, 5.74) is 0.660. The number of esters is 1. The van der Waals surface area contributed by atoms with Crippen LogP contribution in [-0.4, -0.2) is 58.8 Å². The van der Waals surface area contributed by atoms with Crippen molar-refractivity contribution in [3.63, 3.8) is 0 Å². The van der Waals surface area contributed by atoms with E-state index in [2.05, 4.69) is 16.0 Å². The molecule has 0 aromatic heterocycles. The summed E-state index contributed by atoms with van der Waals surface area (Å²) in [5, 5.41) is 25.7. The van der Waals surface area contributed by atoms with E-state index in [0.29, 0.717) is 5.56 Å². The third-order valence-electron chi connectivity index (χ3n) is 4.42. The lowest BCUT2D eigenvalue weighted by Crippen LogP contribution is -2.55. The van der Waals surface area contributed by atoms with Gasteiger partial charge in [-0.1, -0.05) is 32.1 Å². The van der Waals surface area contributed by atoms with E-state index in [0.717, 1.165) is 6.08 Å². The molecule has 10 nitrogen and oxygen atoms in total. The van der Waals surface area contributed by atoms with Crippen LogP contribution < -0.4 is 16.0 Å². The zero-order chi connectivity index (χ0) is 22.3. The molecule has 3 atom stereocenters. The fourth-order valence-electron chi connectivity index (χ4n) is 2.84. The molecule has 162 valence electrons. The zero-order valence-electron chi connectivity index (χ0n) is 16.6. The predicted octanol–water partition coefficient (Wildman–Crippen LogP) is 0.310. The van der Waals surface area contributed by atoms with Crippen molar-refractivity contribution in [3.8, 4) is 5.75 Å². The lowest BCUT2D eigenvalue weighted by molar-refractivity contribution is -0.148. The molecule has 2 rings (SSSR count). The van der Waals surface area contributed by atoms with Crippen LogP contribution in [0.1, 0.15) is 19.4 Å². The molecule has 0 fully saturated rings. The van der Waals surface area contributed by atoms with Gasteiger partial charge in [0.25, 0.3) is 0 Å². The van der Waals surface area contributed by atoms with Gasteiger partial charge in [-0.25, -0.2) is 9.59 Å². The summed E-state index contributed by atoms with van der Waals surface area (Å²) in [4.78, 5) is 48.5. The smallest absolute Gasteiger partial charge is 0.405 e. The second-order valence-electron chi connectivity index (χ2n) is 7.21. The van der Waals surface area contributed by atoms with Gasteiger partial charge in [-0.05, 0) is 23.6 Å². The van der Waals surface area contributed by atoms with Crippen molar-refractivity contribution in [3.05, 3.63) is 42.0 Å². The number of ether oxygens (including phenoxy) is 1. The molecule has 1 aromatic rings. The Morgan fingerprint density at radius 1 is 1.20 bits per heavy atom. The van der Waals surface area contributed by atoms with Crippen LogP contribution in [0.4, 0.5) is 4.79 Å². The van der Waals surface area contributed by atoms with Gasteiger partial charge in [-0.15, -0.1) is 0 Å². The zero-order valence-corrected chi connectivity index (χ0v) is 16.6. The van der Waals surface area contributed by atoms with Gasteiger partial charge in [0.2, 0.25) is 11.8 Å². The number of rotatable bonds is 4. The molecule has 1 heterocycles. The van der Waals surface area contributed by atoms with E-state index in [9.17, 15) is 24.3 Å². The van der Waals surface area contributed by atoms with E-state index in [4.69, 9.17) is 9.84 Å². The van der Waals surface area contributed by atoms with E-state index in [1.807, 2.05) is 0 Å². The van der Waals surface area contributed by atoms with Gasteiger partial charge in [-0.2, -0.15) is 0 Å². The van der Waals surface area contributed by atoms with E-state index in [1.54, 1.807) is 26.0 Å². The van der Waals surface area contributed by atoms with Crippen molar-refractivity contribution in [2.24, 2.45) is 5.92 Å². The Labute approximate surface area is 173 Å². The van der Waals surface area contributed by atoms with Gasteiger partial charge >= 0.3 is 12.1 Å². The molecule has 0 bridgehead atoms. The molecule has 1 aliphatic rings. The maximum absolute atomic E-state index is 12.7. The average molecular weight is 419 g/mol. The molecule has 0 saturated heterocycles. The number of carboxylic acid groups (broad SMARTS) is 1. The summed E-state index contributed by atoms with van der Waals surface area (Å²) in [6.07, 6.45) is 1.08. The maximum Gasteiger partial charge on any atom is 0.405 e. The lowest BCUT2D eigenvalue weighted by Gasteiger charge is -2.26. The fourth-order valence-corrected chi connectivity index (χ4v) is 2.84. The van der Waals surface area contributed by atoms with Crippen LogP contribution in [0.25, 0.3) is 0 Å². The van der Waals surface area contributed by atoms with Crippen molar-refractivity contribution in [2.75, 3.05) is 6.61 Å². The van der Waals surface area contributed by atoms with Crippen LogP contribution in [0.2, 0.25) is 0 Å². The van der Waals surface area contributed by atoms with Crippen LogP contribution in [-0.2, 0) is 25.5 Å². The van der Waals surface area contributed by atoms with Gasteiger partial charge < -0.3 is 30.9 Å². The van der Waals surface area contributed by atoms with E-state index in [1.165, 1.54) is 18.2 Å². The molecule has 30 heavy (non-hydrogen) atoms. The minimum Gasteiger partial charge on any atom is -0.508 e. The number of aromatic hydroxyl groups is 1. The molecule has 1 aromatic carbocycles. The third-order valence-corrected chi connectivity index (χ3v) is 4.42. The first kappa shape index (κ1) is 22.7. The highest BCUT2D eigenvalue weighted by atomic mass is 16.5. The SMILES string of the molecule is CC(C)[C@@H]1NC(=O)/C=C/[C@@H](NC(=O)O)COC(=O)[C@H](Cc2ccc(O)cc2)NC1=O. The lowest BCUT2D eigenvalue weighted by atomic mass is 10.0. The molecule has 10 heteroatoms. The molecule has 0 aliphatic carbocycles. The Balaban J connectivity index is 2.30. The number of nitrogens with one attached hydrogen (secondary N) is 3. The maximum atomic E-state index is 12.7. The number of hydrogen-bond donors (Lipinski definition) is 5. The normalized spacial score (nSPS) is 24.0. The van der Waals surface area contributed by atoms with Gasteiger partial charge in [0, 0.05) is 12.5 Å². The van der Waals surface area contributed by atoms with Crippen molar-refractivity contribution in [1.29, 1.82) is 0 Å². The predicted molar refractivity (Wildman–Crippen MR) is 106 cm³/mol. The van der Waals surface area contributed by atoms with Crippen LogP contribution >= 0.6 is 0 Å². The number of amides is 3. The Morgan fingerprint density at radius 2 is 1.87 bits per heavy atom. The highest BCUT2D eigenvalue weighted by Gasteiger charge is 2.30. The molecule has 0 spiro atoms. The number of phenolic OH excluding ortho intramolecular Hbond substituents is 1. The first-order valence-corrected chi connectivity index (χ1v) is 9.38. The molecule has 5 N–H and O–H groups in total. The number of benzene rings is 1. The second kappa shape index (κ2) is 10.3. The first-order valence-electron chi connectivity index (χ1n) is 9.38. The van der Waals surface area contributed by atoms with E-state index >= 15 is 0 Å². The van der Waals surface area contributed by atoms with Crippen molar-refractivity contribution >= 4 is 23.9 Å². The Bertz CT molecular complexity index is 820. The monoisotopic (exact) mass is 419 g/mol. The Kier molecular flexibility index (Phi) is 7.79. The summed E-state index contributed by atoms with van der Waals surface area (Å²) in [6, 6.07) is 3.17. The van der Waals surface area contributed by atoms with Crippen LogP contribution in [0.15, 0.2) is 36.4 Å². The number of carbonyl (C=O) groups excluding carboxylic acids is 3. The largest absolute Gasteiger partial charge is 0.508 e. The second-order valence-corrected chi connectivity index (χ2v) is 7.21. The van der Waals surface area contributed by atoms with E-state index in [-0.39, 0.29) is 24.7 Å². The highest BCUT2D eigenvalue weighted by Crippen LogP contribution is 2.13. The van der Waals surface area contributed by atoms with Gasteiger partial charge in [-0.3, -0.25) is 9.59 Å². The van der Waals surface area contributed by atoms with Crippen LogP contribution in [0, 0.1) is 5.92 Å². The first-order chi connectivity index (χ1) is 14.2. The number of phenols is 1. The summed E-state index contributed by atoms with van der Waals surface area (Å²) in [6.45, 7) is 3.12. The van der Waals surface area contributed by atoms with Gasteiger partial charge in [0.05, 0.1) is 6.04 Å². The standard InChI is InChI=1S/C20H25N3O7/c1-11(2)17-18(26)22-15(9-12-3-6-14(24)7-4-12)19(27)30-10-13(21-20(28)29)5-8-16(25)23-17/h3-8,11,13,15,17,21,24H,9-10H2,1-2H3,(H,22,26)(H,23,25)(H,28,29)/b8-5+/t13-,15+,17+/m1/s1. The summed E-state index contributed by atoms with van der Waals surface area (Å²) >= 11 is 0. The van der Waals surface area contributed by atoms with Crippen molar-refractivity contribution in [2.45, 2.75) is 38.4 Å². The molecular weight excluding hydrogens is 394 g/mol.